The molecule has 2 N–H and O–H groups in total. The minimum Gasteiger partial charge on any atom is -0.481 e. The lowest BCUT2D eigenvalue weighted by Gasteiger charge is -2.02. The van der Waals surface area contributed by atoms with Crippen molar-refractivity contribution in [1.29, 1.82) is 0 Å². The fourth-order valence-electron chi connectivity index (χ4n) is 1.66. The quantitative estimate of drug-likeness (QED) is 0.767. The van der Waals surface area contributed by atoms with Gasteiger partial charge in [0, 0.05) is 17.9 Å². The predicted molar refractivity (Wildman–Crippen MR) is 49.6 cm³/mol. The third-order valence-corrected chi connectivity index (χ3v) is 2.89. The molecule has 13 heavy (non-hydrogen) atoms. The van der Waals surface area contributed by atoms with E-state index in [9.17, 15) is 4.79 Å². The van der Waals surface area contributed by atoms with Gasteiger partial charge in [0.25, 0.3) is 0 Å². The van der Waals surface area contributed by atoms with Crippen molar-refractivity contribution < 1.29 is 15.0 Å². The fourth-order valence-corrected chi connectivity index (χ4v) is 1.93. The number of hydrogen-bond donors (Lipinski definition) is 2. The van der Waals surface area contributed by atoms with Gasteiger partial charge in [-0.05, 0) is 6.08 Å². The first-order valence-electron chi connectivity index (χ1n) is 3.80. The Morgan fingerprint density at radius 3 is 2.38 bits per heavy atom. The van der Waals surface area contributed by atoms with Crippen LogP contribution in [0.5, 0.6) is 0 Å². The molecule has 0 aromatic carbocycles. The van der Waals surface area contributed by atoms with Crippen LogP contribution in [-0.4, -0.2) is 22.8 Å². The summed E-state index contributed by atoms with van der Waals surface area (Å²) in [6, 6.07) is 0. The molecule has 0 aromatic rings. The summed E-state index contributed by atoms with van der Waals surface area (Å²) in [7, 11) is 0. The molecule has 0 saturated heterocycles. The molecule has 1 fully saturated rings. The zero-order valence-electron chi connectivity index (χ0n) is 7.00. The molecule has 0 heterocycles. The Hall–Kier alpha value is -0.250. The molecule has 0 aromatic heterocycles. The maximum absolute atomic E-state index is 10.7. The van der Waals surface area contributed by atoms with Crippen molar-refractivity contribution in [3.05, 3.63) is 10.6 Å². The third-order valence-electron chi connectivity index (χ3n) is 2.63. The summed E-state index contributed by atoms with van der Waals surface area (Å²) in [4.78, 5) is 10.7. The van der Waals surface area contributed by atoms with E-state index in [-0.39, 0.29) is 17.0 Å². The summed E-state index contributed by atoms with van der Waals surface area (Å²) in [5.41, 5.74) is -0.610. The van der Waals surface area contributed by atoms with Crippen LogP contribution in [0.4, 0.5) is 0 Å². The molecule has 0 bridgehead atoms. The lowest BCUT2D eigenvalue weighted by Crippen LogP contribution is -2.10. The van der Waals surface area contributed by atoms with Crippen LogP contribution in [-0.2, 0) is 4.79 Å². The topological polar surface area (TPSA) is 57.5 Å². The van der Waals surface area contributed by atoms with Gasteiger partial charge < -0.3 is 10.2 Å². The SMILES string of the molecule is CC1(CO)C(C=C(Cl)Cl)C1C(=O)O. The third kappa shape index (κ3) is 1.82. The molecule has 3 nitrogen and oxygen atoms in total. The van der Waals surface area contributed by atoms with Crippen LogP contribution in [0.3, 0.4) is 0 Å². The van der Waals surface area contributed by atoms with Gasteiger partial charge in [-0.1, -0.05) is 30.1 Å². The van der Waals surface area contributed by atoms with Crippen molar-refractivity contribution >= 4 is 29.2 Å². The Morgan fingerprint density at radius 2 is 2.15 bits per heavy atom. The lowest BCUT2D eigenvalue weighted by molar-refractivity contribution is -0.139. The maximum atomic E-state index is 10.7. The molecule has 0 radical (unpaired) electrons. The molecule has 3 atom stereocenters. The van der Waals surface area contributed by atoms with Gasteiger partial charge in [0.1, 0.15) is 4.49 Å². The van der Waals surface area contributed by atoms with Crippen molar-refractivity contribution in [3.63, 3.8) is 0 Å². The molecule has 1 aliphatic rings. The van der Waals surface area contributed by atoms with Crippen molar-refractivity contribution in [2.75, 3.05) is 6.61 Å². The van der Waals surface area contributed by atoms with Crippen molar-refractivity contribution in [2.45, 2.75) is 6.92 Å². The second kappa shape index (κ2) is 3.48. The summed E-state index contributed by atoms with van der Waals surface area (Å²) >= 11 is 10.8. The van der Waals surface area contributed by atoms with E-state index in [4.69, 9.17) is 33.4 Å². The highest BCUT2D eigenvalue weighted by atomic mass is 35.5. The average Bonchev–Trinajstić information content (AvgIpc) is 2.56. The molecule has 74 valence electrons. The van der Waals surface area contributed by atoms with Crippen LogP contribution in [0.15, 0.2) is 10.6 Å². The Bertz CT molecular complexity index is 260. The first-order chi connectivity index (χ1) is 5.93. The number of hydrogen-bond acceptors (Lipinski definition) is 2. The minimum atomic E-state index is -0.924. The summed E-state index contributed by atoms with van der Waals surface area (Å²) in [5, 5.41) is 17.8. The van der Waals surface area contributed by atoms with E-state index in [1.165, 1.54) is 6.08 Å². The van der Waals surface area contributed by atoms with Gasteiger partial charge in [-0.3, -0.25) is 4.79 Å². The van der Waals surface area contributed by atoms with Gasteiger partial charge in [-0.2, -0.15) is 0 Å². The first-order valence-corrected chi connectivity index (χ1v) is 4.55. The molecule has 1 aliphatic carbocycles. The molecule has 5 heteroatoms. The number of aliphatic carboxylic acids is 1. The largest absolute Gasteiger partial charge is 0.481 e. The highest BCUT2D eigenvalue weighted by Crippen LogP contribution is 2.59. The minimum absolute atomic E-state index is 0.0495. The van der Waals surface area contributed by atoms with Gasteiger partial charge in [-0.15, -0.1) is 0 Å². The second-order valence-corrected chi connectivity index (χ2v) is 4.47. The van der Waals surface area contributed by atoms with E-state index in [1.54, 1.807) is 6.92 Å². The van der Waals surface area contributed by atoms with Crippen LogP contribution in [0.25, 0.3) is 0 Å². The molecule has 1 rings (SSSR count). The molecular formula is C8H10Cl2O3. The summed E-state index contributed by atoms with van der Waals surface area (Å²) in [6.45, 7) is 1.52. The Balaban J connectivity index is 2.79. The number of halogens is 2. The smallest absolute Gasteiger partial charge is 0.307 e. The van der Waals surface area contributed by atoms with Crippen LogP contribution >= 0.6 is 23.2 Å². The monoisotopic (exact) mass is 224 g/mol. The number of aliphatic hydroxyl groups excluding tert-OH is 1. The van der Waals surface area contributed by atoms with Gasteiger partial charge >= 0.3 is 5.97 Å². The number of carboxylic acids is 1. The average molecular weight is 225 g/mol. The van der Waals surface area contributed by atoms with Crippen molar-refractivity contribution in [3.8, 4) is 0 Å². The number of aliphatic hydroxyl groups is 1. The zero-order chi connectivity index (χ0) is 10.2. The molecule has 0 spiro atoms. The van der Waals surface area contributed by atoms with Gasteiger partial charge in [0.2, 0.25) is 0 Å². The van der Waals surface area contributed by atoms with E-state index >= 15 is 0 Å². The standard InChI is InChI=1S/C8H10Cl2O3/c1-8(3-11)4(2-5(9)10)6(8)7(12)13/h2,4,6,11H,3H2,1H3,(H,12,13). The zero-order valence-corrected chi connectivity index (χ0v) is 8.51. The van der Waals surface area contributed by atoms with Crippen LogP contribution in [0, 0.1) is 17.3 Å². The van der Waals surface area contributed by atoms with E-state index in [0.29, 0.717) is 0 Å². The van der Waals surface area contributed by atoms with Crippen LogP contribution < -0.4 is 0 Å². The number of allylic oxidation sites excluding steroid dienone is 1. The normalized spacial score (nSPS) is 36.9. The Labute approximate surface area is 86.0 Å². The van der Waals surface area contributed by atoms with E-state index in [1.807, 2.05) is 0 Å². The van der Waals surface area contributed by atoms with E-state index in [2.05, 4.69) is 0 Å². The van der Waals surface area contributed by atoms with Crippen LogP contribution in [0.2, 0.25) is 0 Å². The summed E-state index contributed by atoms with van der Waals surface area (Å²) in [5.74, 6) is -1.77. The molecule has 1 saturated carbocycles. The summed E-state index contributed by atoms with van der Waals surface area (Å²) in [6.07, 6.45) is 1.47. The van der Waals surface area contributed by atoms with Gasteiger partial charge in [0.15, 0.2) is 0 Å². The second-order valence-electron chi connectivity index (χ2n) is 3.46. The number of rotatable bonds is 3. The van der Waals surface area contributed by atoms with Crippen molar-refractivity contribution in [2.24, 2.45) is 17.3 Å². The molecule has 3 unspecified atom stereocenters. The summed E-state index contributed by atoms with van der Waals surface area (Å²) < 4.78 is 0.0495. The lowest BCUT2D eigenvalue weighted by atomic mass is 10.1. The first kappa shape index (κ1) is 10.8. The molecular weight excluding hydrogens is 215 g/mol. The van der Waals surface area contributed by atoms with E-state index in [0.717, 1.165) is 0 Å². The van der Waals surface area contributed by atoms with Gasteiger partial charge in [-0.25, -0.2) is 0 Å². The Morgan fingerprint density at radius 1 is 1.62 bits per heavy atom. The van der Waals surface area contributed by atoms with Crippen LogP contribution in [0.1, 0.15) is 6.92 Å². The highest BCUT2D eigenvalue weighted by Gasteiger charge is 2.64. The van der Waals surface area contributed by atoms with Gasteiger partial charge in [0.05, 0.1) is 5.92 Å². The Kier molecular flexibility index (Phi) is 2.90. The van der Waals surface area contributed by atoms with E-state index < -0.39 is 17.3 Å². The highest BCUT2D eigenvalue weighted by molar-refractivity contribution is 6.55. The molecule has 0 amide bonds. The number of carbonyl (C=O) groups is 1. The predicted octanol–water partition coefficient (Wildman–Crippen LogP) is 1.63. The fraction of sp³-hybridized carbons (Fsp3) is 0.625. The maximum Gasteiger partial charge on any atom is 0.307 e. The number of carboxylic acid groups (broad SMARTS) is 1. The molecule has 0 aliphatic heterocycles. The van der Waals surface area contributed by atoms with Crippen molar-refractivity contribution in [1.82, 2.24) is 0 Å².